The lowest BCUT2D eigenvalue weighted by Gasteiger charge is -2.29. The van der Waals surface area contributed by atoms with Gasteiger partial charge >= 0.3 is 5.97 Å². The molecular formula is C16H22ClN3O3. The van der Waals surface area contributed by atoms with Gasteiger partial charge in [0, 0.05) is 31.4 Å². The molecule has 1 aromatic rings. The lowest BCUT2D eigenvalue weighted by atomic mass is 10.1. The van der Waals surface area contributed by atoms with Crippen molar-refractivity contribution in [3.05, 3.63) is 30.1 Å². The third-order valence-electron chi connectivity index (χ3n) is 3.55. The molecule has 0 N–H and O–H groups in total. The maximum atomic E-state index is 11.2. The third kappa shape index (κ3) is 6.54. The number of pyridine rings is 1. The zero-order valence-corrected chi connectivity index (χ0v) is 14.0. The van der Waals surface area contributed by atoms with Crippen LogP contribution in [0.3, 0.4) is 0 Å². The van der Waals surface area contributed by atoms with Crippen molar-refractivity contribution in [3.63, 3.8) is 0 Å². The van der Waals surface area contributed by atoms with E-state index in [4.69, 9.17) is 21.2 Å². The van der Waals surface area contributed by atoms with Gasteiger partial charge in [-0.25, -0.2) is 0 Å². The van der Waals surface area contributed by atoms with Crippen molar-refractivity contribution in [3.8, 4) is 0 Å². The minimum Gasteiger partial charge on any atom is -0.457 e. The molecule has 1 saturated heterocycles. The Hall–Kier alpha value is -1.66. The fourth-order valence-corrected chi connectivity index (χ4v) is 2.66. The van der Waals surface area contributed by atoms with Gasteiger partial charge in [-0.2, -0.15) is 0 Å². The quantitative estimate of drug-likeness (QED) is 0.433. The molecule has 1 aromatic heterocycles. The van der Waals surface area contributed by atoms with Crippen molar-refractivity contribution in [2.45, 2.75) is 32.3 Å². The zero-order valence-electron chi connectivity index (χ0n) is 13.3. The number of piperidine rings is 1. The zero-order chi connectivity index (χ0) is 16.5. The molecule has 1 atom stereocenters. The second-order valence-corrected chi connectivity index (χ2v) is 5.87. The Labute approximate surface area is 141 Å². The second-order valence-electron chi connectivity index (χ2n) is 5.51. The van der Waals surface area contributed by atoms with Crippen molar-refractivity contribution in [1.29, 1.82) is 0 Å². The molecule has 1 unspecified atom stereocenters. The van der Waals surface area contributed by atoms with Gasteiger partial charge in [-0.05, 0) is 38.1 Å². The van der Waals surface area contributed by atoms with Crippen LogP contribution in [0, 0.1) is 0 Å². The first-order valence-corrected chi connectivity index (χ1v) is 8.18. The van der Waals surface area contributed by atoms with Crippen molar-refractivity contribution in [2.24, 2.45) is 5.16 Å². The summed E-state index contributed by atoms with van der Waals surface area (Å²) < 4.78 is 5.31. The number of hydrogen-bond donors (Lipinski definition) is 0. The van der Waals surface area contributed by atoms with Crippen LogP contribution in [0.15, 0.2) is 29.7 Å². The highest BCUT2D eigenvalue weighted by Gasteiger charge is 2.19. The van der Waals surface area contributed by atoms with Crippen LogP contribution in [0.1, 0.15) is 31.7 Å². The maximum absolute atomic E-state index is 11.2. The van der Waals surface area contributed by atoms with E-state index in [1.165, 1.54) is 26.2 Å². The van der Waals surface area contributed by atoms with Crippen LogP contribution in [-0.2, 0) is 14.4 Å². The third-order valence-corrected chi connectivity index (χ3v) is 3.84. The molecule has 0 amide bonds. The summed E-state index contributed by atoms with van der Waals surface area (Å²) in [6.45, 7) is 4.27. The topological polar surface area (TPSA) is 64.0 Å². The lowest BCUT2D eigenvalue weighted by molar-refractivity contribution is -0.150. The largest absolute Gasteiger partial charge is 0.457 e. The smallest absolute Gasteiger partial charge is 0.303 e. The first kappa shape index (κ1) is 17.7. The molecular weight excluding hydrogens is 318 g/mol. The van der Waals surface area contributed by atoms with E-state index in [0.717, 1.165) is 13.1 Å². The first-order valence-electron chi connectivity index (χ1n) is 7.80. The van der Waals surface area contributed by atoms with Gasteiger partial charge in [0.05, 0.1) is 0 Å². The van der Waals surface area contributed by atoms with Crippen LogP contribution in [0.25, 0.3) is 0 Å². The number of oxime groups is 1. The van der Waals surface area contributed by atoms with Gasteiger partial charge < -0.3 is 9.57 Å². The highest BCUT2D eigenvalue weighted by molar-refractivity contribution is 6.69. The number of carbonyl (C=O) groups is 1. The molecule has 0 aromatic carbocycles. The summed E-state index contributed by atoms with van der Waals surface area (Å²) in [7, 11) is 0. The number of nitrogens with zero attached hydrogens (tertiary/aromatic N) is 3. The van der Waals surface area contributed by atoms with Gasteiger partial charge in [0.25, 0.3) is 0 Å². The van der Waals surface area contributed by atoms with Crippen molar-refractivity contribution in [1.82, 2.24) is 9.88 Å². The standard InChI is InChI=1S/C16H22ClN3O3/c1-13(21)23-15(11-20-8-3-2-4-9-20)12-22-19-16(17)14-6-5-7-18-10-14/h5-7,10,15H,2-4,8-9,11-12H2,1H3. The minimum absolute atomic E-state index is 0.173. The molecule has 23 heavy (non-hydrogen) atoms. The Bertz CT molecular complexity index is 519. The molecule has 0 radical (unpaired) electrons. The van der Waals surface area contributed by atoms with E-state index in [2.05, 4.69) is 15.0 Å². The summed E-state index contributed by atoms with van der Waals surface area (Å²) in [6.07, 6.45) is 6.52. The highest BCUT2D eigenvalue weighted by atomic mass is 35.5. The van der Waals surface area contributed by atoms with E-state index in [1.54, 1.807) is 24.5 Å². The molecule has 0 saturated carbocycles. The summed E-state index contributed by atoms with van der Waals surface area (Å²) in [5.41, 5.74) is 0.675. The van der Waals surface area contributed by atoms with Gasteiger partial charge in [0.2, 0.25) is 0 Å². The summed E-state index contributed by atoms with van der Waals surface area (Å²) >= 11 is 6.05. The first-order chi connectivity index (χ1) is 11.1. The average molecular weight is 340 g/mol. The number of aromatic nitrogens is 1. The van der Waals surface area contributed by atoms with E-state index < -0.39 is 0 Å². The molecule has 6 nitrogen and oxygen atoms in total. The molecule has 7 heteroatoms. The molecule has 126 valence electrons. The van der Waals surface area contributed by atoms with E-state index >= 15 is 0 Å². The SMILES string of the molecule is CC(=O)OC(CON=C(Cl)c1cccnc1)CN1CCCCC1. The normalized spacial score (nSPS) is 17.6. The van der Waals surface area contributed by atoms with Crippen LogP contribution in [0.5, 0.6) is 0 Å². The van der Waals surface area contributed by atoms with Gasteiger partial charge in [0.15, 0.2) is 17.9 Å². The summed E-state index contributed by atoms with van der Waals surface area (Å²) in [6, 6.07) is 3.56. The molecule has 0 aliphatic carbocycles. The van der Waals surface area contributed by atoms with Crippen molar-refractivity contribution >= 4 is 22.7 Å². The Morgan fingerprint density at radius 2 is 2.22 bits per heavy atom. The number of likely N-dealkylation sites (tertiary alicyclic amines) is 1. The second kappa shape index (κ2) is 9.47. The molecule has 0 spiro atoms. The lowest BCUT2D eigenvalue weighted by Crippen LogP contribution is -2.40. The van der Waals surface area contributed by atoms with Gasteiger partial charge in [0.1, 0.15) is 0 Å². The minimum atomic E-state index is -0.354. The molecule has 2 rings (SSSR count). The van der Waals surface area contributed by atoms with E-state index in [9.17, 15) is 4.79 Å². The van der Waals surface area contributed by atoms with Crippen LogP contribution in [0.2, 0.25) is 0 Å². The van der Waals surface area contributed by atoms with Gasteiger partial charge in [-0.3, -0.25) is 14.7 Å². The number of hydrogen-bond acceptors (Lipinski definition) is 6. The Kier molecular flexibility index (Phi) is 7.29. The van der Waals surface area contributed by atoms with Crippen molar-refractivity contribution in [2.75, 3.05) is 26.2 Å². The fraction of sp³-hybridized carbons (Fsp3) is 0.562. The number of esters is 1. The molecule has 0 bridgehead atoms. The van der Waals surface area contributed by atoms with E-state index in [-0.39, 0.29) is 23.9 Å². The van der Waals surface area contributed by atoms with Gasteiger partial charge in [-0.1, -0.05) is 23.2 Å². The van der Waals surface area contributed by atoms with Crippen molar-refractivity contribution < 1.29 is 14.4 Å². The number of carbonyl (C=O) groups excluding carboxylic acids is 1. The molecule has 1 fully saturated rings. The number of halogens is 1. The number of rotatable bonds is 7. The Balaban J connectivity index is 1.85. The Morgan fingerprint density at radius 1 is 1.43 bits per heavy atom. The highest BCUT2D eigenvalue weighted by Crippen LogP contribution is 2.11. The summed E-state index contributed by atoms with van der Waals surface area (Å²) in [5.74, 6) is -0.321. The fourth-order valence-electron chi connectivity index (χ4n) is 2.50. The monoisotopic (exact) mass is 339 g/mol. The van der Waals surface area contributed by atoms with E-state index in [0.29, 0.717) is 12.1 Å². The van der Waals surface area contributed by atoms with E-state index in [1.807, 2.05) is 0 Å². The molecule has 1 aliphatic rings. The van der Waals surface area contributed by atoms with Crippen LogP contribution >= 0.6 is 11.6 Å². The molecule has 2 heterocycles. The Morgan fingerprint density at radius 3 is 2.87 bits per heavy atom. The summed E-state index contributed by atoms with van der Waals surface area (Å²) in [4.78, 5) is 22.8. The predicted molar refractivity (Wildman–Crippen MR) is 88.4 cm³/mol. The average Bonchev–Trinajstić information content (AvgIpc) is 2.56. The number of ether oxygens (including phenoxy) is 1. The maximum Gasteiger partial charge on any atom is 0.303 e. The predicted octanol–water partition coefficient (Wildman–Crippen LogP) is 2.42. The molecule has 1 aliphatic heterocycles. The van der Waals surface area contributed by atoms with Crippen LogP contribution in [-0.4, -0.2) is 53.4 Å². The van der Waals surface area contributed by atoms with Crippen LogP contribution in [0.4, 0.5) is 0 Å². The van der Waals surface area contributed by atoms with Crippen LogP contribution < -0.4 is 0 Å². The van der Waals surface area contributed by atoms with Gasteiger partial charge in [-0.15, -0.1) is 0 Å². The summed E-state index contributed by atoms with van der Waals surface area (Å²) in [5, 5.41) is 4.09.